The van der Waals surface area contributed by atoms with Crippen molar-refractivity contribution < 1.29 is 9.66 Å². The van der Waals surface area contributed by atoms with Crippen LogP contribution in [0.4, 0.5) is 11.5 Å². The molecule has 0 aliphatic heterocycles. The molecule has 7 heteroatoms. The summed E-state index contributed by atoms with van der Waals surface area (Å²) >= 11 is 0. The molecule has 0 aliphatic rings. The second-order valence-corrected chi connectivity index (χ2v) is 5.16. The Morgan fingerprint density at radius 2 is 2.00 bits per heavy atom. The highest BCUT2D eigenvalue weighted by Gasteiger charge is 2.24. The van der Waals surface area contributed by atoms with Crippen molar-refractivity contribution >= 4 is 11.5 Å². The second-order valence-electron chi connectivity index (χ2n) is 5.16. The molecule has 0 fully saturated rings. The number of para-hydroxylation sites is 1. The molecule has 0 amide bonds. The van der Waals surface area contributed by atoms with Crippen molar-refractivity contribution in [3.05, 3.63) is 46.8 Å². The van der Waals surface area contributed by atoms with E-state index >= 15 is 0 Å². The van der Waals surface area contributed by atoms with Gasteiger partial charge in [-0.3, -0.25) is 10.1 Å². The molecule has 1 aromatic heterocycles. The lowest BCUT2D eigenvalue weighted by Gasteiger charge is -2.10. The summed E-state index contributed by atoms with van der Waals surface area (Å²) in [4.78, 5) is 18.6. The quantitative estimate of drug-likeness (QED) is 0.620. The van der Waals surface area contributed by atoms with Crippen LogP contribution in [0.25, 0.3) is 0 Å². The maximum absolute atomic E-state index is 11.3. The number of anilines is 1. The summed E-state index contributed by atoms with van der Waals surface area (Å²) < 4.78 is 5.51. The van der Waals surface area contributed by atoms with Crippen molar-refractivity contribution in [1.29, 1.82) is 0 Å². The normalized spacial score (nSPS) is 10.5. The molecule has 0 saturated carbocycles. The topological polar surface area (TPSA) is 90.2 Å². The Kier molecular flexibility index (Phi) is 5.24. The van der Waals surface area contributed by atoms with E-state index in [0.717, 1.165) is 6.42 Å². The smallest absolute Gasteiger partial charge is 0.373 e. The lowest BCUT2D eigenvalue weighted by Crippen LogP contribution is -2.09. The molecule has 0 bridgehead atoms. The first-order valence-corrected chi connectivity index (χ1v) is 7.04. The molecule has 2 rings (SSSR count). The lowest BCUT2D eigenvalue weighted by atomic mass is 10.1. The predicted octanol–water partition coefficient (Wildman–Crippen LogP) is 3.64. The summed E-state index contributed by atoms with van der Waals surface area (Å²) in [6.07, 6.45) is 2.14. The number of hydrogen-bond donors (Lipinski definition) is 1. The number of benzene rings is 1. The largest absolute Gasteiger partial charge is 0.434 e. The molecule has 7 nitrogen and oxygen atoms in total. The van der Waals surface area contributed by atoms with Gasteiger partial charge in [-0.25, -0.2) is 4.98 Å². The number of ether oxygens (including phenoxy) is 1. The van der Waals surface area contributed by atoms with Crippen molar-refractivity contribution in [2.75, 3.05) is 11.9 Å². The van der Waals surface area contributed by atoms with Gasteiger partial charge >= 0.3 is 11.6 Å². The minimum absolute atomic E-state index is 0.0711. The van der Waals surface area contributed by atoms with Gasteiger partial charge in [-0.2, -0.15) is 4.98 Å². The highest BCUT2D eigenvalue weighted by Crippen LogP contribution is 2.33. The average Bonchev–Trinajstić information content (AvgIpc) is 2.48. The second kappa shape index (κ2) is 7.35. The SMILES string of the molecule is CC(C)CCNc1ncnc(Oc2ccccc2)c1[N+](=O)[O-]. The van der Waals surface area contributed by atoms with Crippen LogP contribution in [0.3, 0.4) is 0 Å². The Hall–Kier alpha value is -2.70. The molecular weight excluding hydrogens is 284 g/mol. The van der Waals surface area contributed by atoms with E-state index < -0.39 is 4.92 Å². The highest BCUT2D eigenvalue weighted by molar-refractivity contribution is 5.61. The van der Waals surface area contributed by atoms with E-state index in [1.165, 1.54) is 6.33 Å². The summed E-state index contributed by atoms with van der Waals surface area (Å²) in [6, 6.07) is 8.81. The number of nitrogens with zero attached hydrogens (tertiary/aromatic N) is 3. The summed E-state index contributed by atoms with van der Waals surface area (Å²) in [7, 11) is 0. The Labute approximate surface area is 128 Å². The molecule has 0 saturated heterocycles. The van der Waals surface area contributed by atoms with Gasteiger partial charge in [-0.05, 0) is 24.5 Å². The van der Waals surface area contributed by atoms with Crippen LogP contribution in [0, 0.1) is 16.0 Å². The Bertz CT molecular complexity index is 632. The fraction of sp³-hybridized carbons (Fsp3) is 0.333. The van der Waals surface area contributed by atoms with Crippen molar-refractivity contribution in [3.63, 3.8) is 0 Å². The molecule has 0 radical (unpaired) electrons. The summed E-state index contributed by atoms with van der Waals surface area (Å²) in [5, 5.41) is 14.3. The minimum Gasteiger partial charge on any atom is -0.434 e. The first-order chi connectivity index (χ1) is 10.6. The minimum atomic E-state index is -0.532. The van der Waals surface area contributed by atoms with Crippen molar-refractivity contribution in [3.8, 4) is 11.6 Å². The van der Waals surface area contributed by atoms with E-state index in [-0.39, 0.29) is 17.4 Å². The van der Waals surface area contributed by atoms with Crippen LogP contribution in [0.15, 0.2) is 36.7 Å². The highest BCUT2D eigenvalue weighted by atomic mass is 16.6. The number of nitro groups is 1. The van der Waals surface area contributed by atoms with Gasteiger partial charge in [0.05, 0.1) is 4.92 Å². The number of hydrogen-bond acceptors (Lipinski definition) is 6. The van der Waals surface area contributed by atoms with E-state index in [1.807, 2.05) is 6.07 Å². The Morgan fingerprint density at radius 3 is 2.64 bits per heavy atom. The van der Waals surface area contributed by atoms with Crippen LogP contribution in [0.5, 0.6) is 11.6 Å². The van der Waals surface area contributed by atoms with Gasteiger partial charge in [-0.1, -0.05) is 32.0 Å². The van der Waals surface area contributed by atoms with Gasteiger partial charge in [0.1, 0.15) is 12.1 Å². The molecule has 0 atom stereocenters. The maximum Gasteiger partial charge on any atom is 0.373 e. The molecule has 1 N–H and O–H groups in total. The van der Waals surface area contributed by atoms with Gasteiger partial charge in [0, 0.05) is 6.54 Å². The van der Waals surface area contributed by atoms with Gasteiger partial charge < -0.3 is 10.1 Å². The number of rotatable bonds is 7. The molecule has 0 unspecified atom stereocenters. The van der Waals surface area contributed by atoms with Crippen LogP contribution < -0.4 is 10.1 Å². The molecule has 1 aromatic carbocycles. The van der Waals surface area contributed by atoms with Crippen LogP contribution in [0.2, 0.25) is 0 Å². The van der Waals surface area contributed by atoms with E-state index in [9.17, 15) is 10.1 Å². The van der Waals surface area contributed by atoms with E-state index in [1.54, 1.807) is 24.3 Å². The zero-order valence-corrected chi connectivity index (χ0v) is 12.5. The van der Waals surface area contributed by atoms with Crippen molar-refractivity contribution in [2.45, 2.75) is 20.3 Å². The molecular formula is C15H18N4O3. The molecule has 0 spiro atoms. The van der Waals surface area contributed by atoms with Crippen molar-refractivity contribution in [1.82, 2.24) is 9.97 Å². The van der Waals surface area contributed by atoms with E-state index in [4.69, 9.17) is 4.74 Å². The Balaban J connectivity index is 2.24. The van der Waals surface area contributed by atoms with E-state index in [2.05, 4.69) is 29.1 Å². The first-order valence-electron chi connectivity index (χ1n) is 7.04. The molecule has 0 aliphatic carbocycles. The van der Waals surface area contributed by atoms with Gasteiger partial charge in [0.2, 0.25) is 5.82 Å². The molecule has 116 valence electrons. The standard InChI is InChI=1S/C15H18N4O3/c1-11(2)8-9-16-14-13(19(20)21)15(18-10-17-14)22-12-6-4-3-5-7-12/h3-7,10-11H,8-9H2,1-2H3,(H,16,17,18). The zero-order chi connectivity index (χ0) is 15.9. The molecule has 1 heterocycles. The lowest BCUT2D eigenvalue weighted by molar-refractivity contribution is -0.385. The third-order valence-electron chi connectivity index (χ3n) is 2.94. The third kappa shape index (κ3) is 4.15. The van der Waals surface area contributed by atoms with Gasteiger partial charge in [0.15, 0.2) is 0 Å². The monoisotopic (exact) mass is 302 g/mol. The molecule has 22 heavy (non-hydrogen) atoms. The first kappa shape index (κ1) is 15.7. The van der Waals surface area contributed by atoms with Crippen molar-refractivity contribution in [2.24, 2.45) is 5.92 Å². The summed E-state index contributed by atoms with van der Waals surface area (Å²) in [5.74, 6) is 1.08. The fourth-order valence-corrected chi connectivity index (χ4v) is 1.81. The molecule has 2 aromatic rings. The number of nitrogens with one attached hydrogen (secondary N) is 1. The maximum atomic E-state index is 11.3. The fourth-order valence-electron chi connectivity index (χ4n) is 1.81. The van der Waals surface area contributed by atoms with Gasteiger partial charge in [-0.15, -0.1) is 0 Å². The van der Waals surface area contributed by atoms with E-state index in [0.29, 0.717) is 18.2 Å². The van der Waals surface area contributed by atoms with Crippen LogP contribution in [-0.4, -0.2) is 21.4 Å². The predicted molar refractivity (Wildman–Crippen MR) is 83.1 cm³/mol. The Morgan fingerprint density at radius 1 is 1.27 bits per heavy atom. The number of aromatic nitrogens is 2. The third-order valence-corrected chi connectivity index (χ3v) is 2.94. The zero-order valence-electron chi connectivity index (χ0n) is 12.5. The summed E-state index contributed by atoms with van der Waals surface area (Å²) in [6.45, 7) is 4.76. The summed E-state index contributed by atoms with van der Waals surface area (Å²) in [5.41, 5.74) is -0.255. The van der Waals surface area contributed by atoms with Crippen LogP contribution in [-0.2, 0) is 0 Å². The van der Waals surface area contributed by atoms with Crippen LogP contribution in [0.1, 0.15) is 20.3 Å². The average molecular weight is 302 g/mol. The van der Waals surface area contributed by atoms with Gasteiger partial charge in [0.25, 0.3) is 0 Å². The van der Waals surface area contributed by atoms with Crippen LogP contribution >= 0.6 is 0 Å².